The van der Waals surface area contributed by atoms with Crippen LogP contribution in [0.2, 0.25) is 0 Å². The van der Waals surface area contributed by atoms with Gasteiger partial charge in [0.25, 0.3) is 5.56 Å². The third-order valence-electron chi connectivity index (χ3n) is 6.14. The van der Waals surface area contributed by atoms with E-state index in [0.29, 0.717) is 22.6 Å². The van der Waals surface area contributed by atoms with Gasteiger partial charge in [-0.25, -0.2) is 4.98 Å². The smallest absolute Gasteiger partial charge is 0.262 e. The third kappa shape index (κ3) is 6.71. The zero-order chi connectivity index (χ0) is 26.2. The number of carbonyl (C=O) groups is 1. The minimum Gasteiger partial charge on any atom is -0.378 e. The van der Waals surface area contributed by atoms with Crippen LogP contribution in [-0.2, 0) is 11.3 Å². The molecule has 7 nitrogen and oxygen atoms in total. The highest BCUT2D eigenvalue weighted by molar-refractivity contribution is 7.99. The van der Waals surface area contributed by atoms with Gasteiger partial charge in [0.15, 0.2) is 5.16 Å². The molecule has 1 aromatic heterocycles. The average molecular weight is 516 g/mol. The SMILES string of the molecule is CCN(CCCn1c(SCC(=O)Nc2ccc(N(C)C)cc2)nc2ccccc2c1=O)c1ccccc1. The summed E-state index contributed by atoms with van der Waals surface area (Å²) in [7, 11) is 3.95. The van der Waals surface area contributed by atoms with Gasteiger partial charge in [0, 0.05) is 50.8 Å². The van der Waals surface area contributed by atoms with Gasteiger partial charge < -0.3 is 15.1 Å². The van der Waals surface area contributed by atoms with E-state index < -0.39 is 0 Å². The first-order chi connectivity index (χ1) is 18.0. The predicted octanol–water partition coefficient (Wildman–Crippen LogP) is 5.11. The summed E-state index contributed by atoms with van der Waals surface area (Å²) < 4.78 is 1.71. The molecule has 8 heteroatoms. The highest BCUT2D eigenvalue weighted by Gasteiger charge is 2.14. The molecule has 192 valence electrons. The lowest BCUT2D eigenvalue weighted by molar-refractivity contribution is -0.113. The van der Waals surface area contributed by atoms with Crippen LogP contribution in [0.3, 0.4) is 0 Å². The van der Waals surface area contributed by atoms with E-state index in [4.69, 9.17) is 4.98 Å². The Labute approximate surface area is 222 Å². The van der Waals surface area contributed by atoms with Gasteiger partial charge >= 0.3 is 0 Å². The number of anilines is 3. The Bertz CT molecular complexity index is 1390. The fourth-order valence-electron chi connectivity index (χ4n) is 4.15. The number of nitrogens with one attached hydrogen (secondary N) is 1. The van der Waals surface area contributed by atoms with E-state index in [9.17, 15) is 9.59 Å². The number of benzene rings is 3. The molecule has 0 aliphatic carbocycles. The number of fused-ring (bicyclic) bond motifs is 1. The molecule has 0 fully saturated rings. The summed E-state index contributed by atoms with van der Waals surface area (Å²) in [5.41, 5.74) is 3.53. The number of hydrogen-bond donors (Lipinski definition) is 1. The molecule has 0 saturated carbocycles. The van der Waals surface area contributed by atoms with Crippen molar-refractivity contribution in [2.24, 2.45) is 0 Å². The average Bonchev–Trinajstić information content (AvgIpc) is 2.92. The molecule has 4 rings (SSSR count). The summed E-state index contributed by atoms with van der Waals surface area (Å²) in [5, 5.41) is 4.08. The first-order valence-electron chi connectivity index (χ1n) is 12.5. The molecule has 37 heavy (non-hydrogen) atoms. The monoisotopic (exact) mass is 515 g/mol. The van der Waals surface area contributed by atoms with Crippen molar-refractivity contribution in [1.82, 2.24) is 9.55 Å². The Morgan fingerprint density at radius 1 is 0.946 bits per heavy atom. The van der Waals surface area contributed by atoms with Gasteiger partial charge in [0.1, 0.15) is 0 Å². The Kier molecular flexibility index (Phi) is 8.85. The van der Waals surface area contributed by atoms with Crippen LogP contribution in [0, 0.1) is 0 Å². The summed E-state index contributed by atoms with van der Waals surface area (Å²) in [4.78, 5) is 35.1. The minimum atomic E-state index is -0.141. The van der Waals surface area contributed by atoms with Crippen LogP contribution in [0.4, 0.5) is 17.1 Å². The van der Waals surface area contributed by atoms with Gasteiger partial charge in [0.2, 0.25) is 5.91 Å². The van der Waals surface area contributed by atoms with Crippen LogP contribution < -0.4 is 20.7 Å². The van der Waals surface area contributed by atoms with Crippen molar-refractivity contribution in [2.75, 3.05) is 48.1 Å². The van der Waals surface area contributed by atoms with E-state index in [1.807, 2.05) is 85.7 Å². The van der Waals surface area contributed by atoms with Gasteiger partial charge in [-0.15, -0.1) is 0 Å². The lowest BCUT2D eigenvalue weighted by Gasteiger charge is -2.23. The van der Waals surface area contributed by atoms with Crippen LogP contribution in [0.1, 0.15) is 13.3 Å². The molecule has 1 amide bonds. The highest BCUT2D eigenvalue weighted by atomic mass is 32.2. The van der Waals surface area contributed by atoms with Crippen molar-refractivity contribution < 1.29 is 4.79 Å². The molecule has 0 radical (unpaired) electrons. The van der Waals surface area contributed by atoms with Crippen LogP contribution in [0.5, 0.6) is 0 Å². The van der Waals surface area contributed by atoms with Gasteiger partial charge in [-0.1, -0.05) is 42.1 Å². The van der Waals surface area contributed by atoms with Gasteiger partial charge in [-0.3, -0.25) is 14.2 Å². The number of thioether (sulfide) groups is 1. The lowest BCUT2D eigenvalue weighted by Crippen LogP contribution is -2.28. The van der Waals surface area contributed by atoms with E-state index in [-0.39, 0.29) is 17.2 Å². The van der Waals surface area contributed by atoms with Gasteiger partial charge in [-0.05, 0) is 61.9 Å². The maximum atomic E-state index is 13.4. The van der Waals surface area contributed by atoms with Crippen molar-refractivity contribution >= 4 is 45.6 Å². The molecular weight excluding hydrogens is 482 g/mol. The third-order valence-corrected chi connectivity index (χ3v) is 7.12. The quantitative estimate of drug-likeness (QED) is 0.221. The molecule has 0 unspecified atom stereocenters. The molecule has 0 aliphatic rings. The molecule has 0 aliphatic heterocycles. The Morgan fingerprint density at radius 2 is 1.65 bits per heavy atom. The Morgan fingerprint density at radius 3 is 2.35 bits per heavy atom. The number of amides is 1. The zero-order valence-corrected chi connectivity index (χ0v) is 22.4. The van der Waals surface area contributed by atoms with Crippen LogP contribution >= 0.6 is 11.8 Å². The molecule has 1 heterocycles. The molecule has 1 N–H and O–H groups in total. The van der Waals surface area contributed by atoms with E-state index in [0.717, 1.165) is 30.9 Å². The number of aromatic nitrogens is 2. The first-order valence-corrected chi connectivity index (χ1v) is 13.4. The fraction of sp³-hybridized carbons (Fsp3) is 0.276. The molecule has 4 aromatic rings. The van der Waals surface area contributed by atoms with E-state index in [2.05, 4.69) is 29.3 Å². The van der Waals surface area contributed by atoms with Gasteiger partial charge in [0.05, 0.1) is 16.7 Å². The molecular formula is C29H33N5O2S. The number of para-hydroxylation sites is 2. The molecule has 0 atom stereocenters. The van der Waals surface area contributed by atoms with E-state index in [1.165, 1.54) is 17.4 Å². The molecule has 3 aromatic carbocycles. The molecule has 0 bridgehead atoms. The summed E-state index contributed by atoms with van der Waals surface area (Å²) >= 11 is 1.29. The highest BCUT2D eigenvalue weighted by Crippen LogP contribution is 2.20. The molecule has 0 saturated heterocycles. The van der Waals surface area contributed by atoms with Crippen LogP contribution in [-0.4, -0.2) is 48.4 Å². The minimum absolute atomic E-state index is 0.0736. The predicted molar refractivity (Wildman–Crippen MR) is 155 cm³/mol. The topological polar surface area (TPSA) is 70.5 Å². The second-order valence-electron chi connectivity index (χ2n) is 8.92. The number of nitrogens with zero attached hydrogens (tertiary/aromatic N) is 4. The maximum Gasteiger partial charge on any atom is 0.262 e. The van der Waals surface area contributed by atoms with Crippen molar-refractivity contribution in [2.45, 2.75) is 25.0 Å². The standard InChI is InChI=1S/C29H33N5O2S/c1-4-33(24-11-6-5-7-12-24)19-10-20-34-28(36)25-13-8-9-14-26(25)31-29(34)37-21-27(35)30-22-15-17-23(18-16-22)32(2)3/h5-9,11-18H,4,10,19-21H2,1-3H3,(H,30,35). The normalized spacial score (nSPS) is 10.9. The van der Waals surface area contributed by atoms with Gasteiger partial charge in [-0.2, -0.15) is 0 Å². The zero-order valence-electron chi connectivity index (χ0n) is 21.6. The fourth-order valence-corrected chi connectivity index (χ4v) is 4.98. The summed E-state index contributed by atoms with van der Waals surface area (Å²) in [6.45, 7) is 4.35. The first kappa shape index (κ1) is 26.3. The second kappa shape index (κ2) is 12.5. The van der Waals surface area contributed by atoms with Crippen molar-refractivity contribution in [3.63, 3.8) is 0 Å². The van der Waals surface area contributed by atoms with Crippen LogP contribution in [0.25, 0.3) is 10.9 Å². The Balaban J connectivity index is 1.47. The van der Waals surface area contributed by atoms with Crippen molar-refractivity contribution in [3.8, 4) is 0 Å². The largest absolute Gasteiger partial charge is 0.378 e. The number of rotatable bonds is 11. The van der Waals surface area contributed by atoms with Crippen molar-refractivity contribution in [1.29, 1.82) is 0 Å². The molecule has 0 spiro atoms. The second-order valence-corrected chi connectivity index (χ2v) is 9.86. The summed E-state index contributed by atoms with van der Waals surface area (Å²) in [6.07, 6.45) is 0.778. The summed E-state index contributed by atoms with van der Waals surface area (Å²) in [5.74, 6) is 0.0171. The number of hydrogen-bond acceptors (Lipinski definition) is 6. The maximum absolute atomic E-state index is 13.4. The van der Waals surface area contributed by atoms with E-state index >= 15 is 0 Å². The van der Waals surface area contributed by atoms with E-state index in [1.54, 1.807) is 4.57 Å². The Hall–Kier alpha value is -3.78. The number of carbonyl (C=O) groups excluding carboxylic acids is 1. The summed E-state index contributed by atoms with van der Waals surface area (Å²) in [6, 6.07) is 25.3. The van der Waals surface area contributed by atoms with Crippen molar-refractivity contribution in [3.05, 3.63) is 89.2 Å². The lowest BCUT2D eigenvalue weighted by atomic mass is 10.2. The van der Waals surface area contributed by atoms with Crippen LogP contribution in [0.15, 0.2) is 88.8 Å².